The molecule has 90 valence electrons. The zero-order valence-corrected chi connectivity index (χ0v) is 8.63. The van der Waals surface area contributed by atoms with Crippen molar-refractivity contribution in [3.63, 3.8) is 0 Å². The van der Waals surface area contributed by atoms with E-state index < -0.39 is 37.8 Å². The number of carboxylic acids is 1. The minimum absolute atomic E-state index is 0.406. The predicted octanol–water partition coefficient (Wildman–Crippen LogP) is -1.41. The lowest BCUT2D eigenvalue weighted by Gasteiger charge is -2.23. The zero-order chi connectivity index (χ0) is 12.3. The third-order valence-electron chi connectivity index (χ3n) is 1.65. The van der Waals surface area contributed by atoms with E-state index in [2.05, 4.69) is 0 Å². The molecule has 0 heterocycles. The first kappa shape index (κ1) is 16.5. The van der Waals surface area contributed by atoms with Crippen molar-refractivity contribution in [2.75, 3.05) is 26.4 Å². The predicted molar refractivity (Wildman–Crippen MR) is 53.2 cm³/mol. The van der Waals surface area contributed by atoms with Gasteiger partial charge in [-0.05, 0) is 6.92 Å². The van der Waals surface area contributed by atoms with Crippen LogP contribution < -0.4 is 0 Å². The molecule has 0 unspecified atom stereocenters. The fourth-order valence-corrected chi connectivity index (χ4v) is 0.443. The maximum Gasteiger partial charge on any atom is 0.327 e. The van der Waals surface area contributed by atoms with Crippen LogP contribution in [0.5, 0.6) is 0 Å². The third kappa shape index (κ3) is 8.07. The Labute approximate surface area is 88.1 Å². The largest absolute Gasteiger partial charge is 0.478 e. The van der Waals surface area contributed by atoms with Crippen molar-refractivity contribution in [3.05, 3.63) is 12.2 Å². The van der Waals surface area contributed by atoms with Crippen LogP contribution in [0.1, 0.15) is 6.92 Å². The van der Waals surface area contributed by atoms with Crippen LogP contribution in [0.4, 0.5) is 0 Å². The van der Waals surface area contributed by atoms with Gasteiger partial charge in [-0.25, -0.2) is 4.79 Å². The molecule has 0 amide bonds. The summed E-state index contributed by atoms with van der Waals surface area (Å²) in [5.41, 5.74) is -1.11. The van der Waals surface area contributed by atoms with E-state index in [1.807, 2.05) is 0 Å². The van der Waals surface area contributed by atoms with E-state index in [-0.39, 0.29) is 0 Å². The monoisotopic (exact) mass is 222 g/mol. The van der Waals surface area contributed by atoms with Crippen molar-refractivity contribution >= 4 is 5.97 Å². The Balaban J connectivity index is 0. The second-order valence-electron chi connectivity index (χ2n) is 2.97. The first-order chi connectivity index (χ1) is 7.01. The first-order valence-corrected chi connectivity index (χ1v) is 4.31. The summed E-state index contributed by atoms with van der Waals surface area (Å²) in [5.74, 6) is -0.891. The van der Waals surface area contributed by atoms with Gasteiger partial charge in [-0.15, -0.1) is 0 Å². The standard InChI is InChI=1S/C5H12O4.C4H6O2/c6-1-5(2-7,3-8)4-9;1-2-3-4(5)6/h6-9H,1-4H2;2-3H,1H3,(H,5,6)/b;3-2+. The van der Waals surface area contributed by atoms with Gasteiger partial charge in [0.15, 0.2) is 0 Å². The molecule has 0 fully saturated rings. The van der Waals surface area contributed by atoms with Gasteiger partial charge in [0.05, 0.1) is 31.8 Å². The number of carbonyl (C=O) groups is 1. The fourth-order valence-electron chi connectivity index (χ4n) is 0.443. The van der Waals surface area contributed by atoms with Crippen LogP contribution in [0.15, 0.2) is 12.2 Å². The van der Waals surface area contributed by atoms with Gasteiger partial charge in [0, 0.05) is 6.08 Å². The topological polar surface area (TPSA) is 118 Å². The molecule has 0 bridgehead atoms. The molecule has 0 aliphatic carbocycles. The van der Waals surface area contributed by atoms with Gasteiger partial charge >= 0.3 is 5.97 Å². The SMILES string of the molecule is C/C=C/C(=O)O.OCC(CO)(CO)CO. The van der Waals surface area contributed by atoms with E-state index in [9.17, 15) is 4.79 Å². The molecule has 6 heteroatoms. The van der Waals surface area contributed by atoms with Gasteiger partial charge < -0.3 is 25.5 Å². The van der Waals surface area contributed by atoms with Crippen LogP contribution in [0.25, 0.3) is 0 Å². The van der Waals surface area contributed by atoms with E-state index in [0.29, 0.717) is 0 Å². The molecule has 0 rings (SSSR count). The molecule has 0 atom stereocenters. The fraction of sp³-hybridized carbons (Fsp3) is 0.667. The van der Waals surface area contributed by atoms with Crippen molar-refractivity contribution < 1.29 is 30.3 Å². The second kappa shape index (κ2) is 9.60. The highest BCUT2D eigenvalue weighted by Gasteiger charge is 2.26. The van der Waals surface area contributed by atoms with Crippen molar-refractivity contribution in [3.8, 4) is 0 Å². The van der Waals surface area contributed by atoms with Gasteiger partial charge in [-0.1, -0.05) is 6.08 Å². The lowest BCUT2D eigenvalue weighted by molar-refractivity contribution is -0.131. The minimum atomic E-state index is -1.11. The maximum atomic E-state index is 9.51. The Hall–Kier alpha value is -0.950. The lowest BCUT2D eigenvalue weighted by atomic mass is 9.93. The van der Waals surface area contributed by atoms with Crippen LogP contribution in [0.3, 0.4) is 0 Å². The minimum Gasteiger partial charge on any atom is -0.478 e. The van der Waals surface area contributed by atoms with Gasteiger partial charge in [0.2, 0.25) is 0 Å². The van der Waals surface area contributed by atoms with Crippen LogP contribution >= 0.6 is 0 Å². The molecule has 0 aliphatic heterocycles. The number of carboxylic acid groups (broad SMARTS) is 1. The summed E-state index contributed by atoms with van der Waals surface area (Å²) in [6.45, 7) is 0.0358. The average Bonchev–Trinajstić information content (AvgIpc) is 2.23. The summed E-state index contributed by atoms with van der Waals surface area (Å²) in [7, 11) is 0. The Kier molecular flexibility index (Phi) is 10.5. The highest BCUT2D eigenvalue weighted by Crippen LogP contribution is 2.11. The third-order valence-corrected chi connectivity index (χ3v) is 1.65. The average molecular weight is 222 g/mol. The van der Waals surface area contributed by atoms with E-state index in [4.69, 9.17) is 25.5 Å². The normalized spacial score (nSPS) is 11.0. The van der Waals surface area contributed by atoms with E-state index in [1.54, 1.807) is 6.92 Å². The summed E-state index contributed by atoms with van der Waals surface area (Å²) in [5, 5.41) is 41.8. The number of aliphatic carboxylic acids is 1. The number of aliphatic hydroxyl groups is 4. The van der Waals surface area contributed by atoms with Crippen molar-refractivity contribution in [1.82, 2.24) is 0 Å². The molecule has 0 aromatic rings. The summed E-state index contributed by atoms with van der Waals surface area (Å²) in [4.78, 5) is 9.51. The molecule has 15 heavy (non-hydrogen) atoms. The summed E-state index contributed by atoms with van der Waals surface area (Å²) in [6.07, 6.45) is 2.56. The lowest BCUT2D eigenvalue weighted by Crippen LogP contribution is -2.37. The smallest absolute Gasteiger partial charge is 0.327 e. The molecule has 6 nitrogen and oxygen atoms in total. The summed E-state index contributed by atoms with van der Waals surface area (Å²) >= 11 is 0. The molecule has 0 aromatic carbocycles. The molecule has 0 spiro atoms. The molecule has 0 aliphatic rings. The Morgan fingerprint density at radius 3 is 1.40 bits per heavy atom. The van der Waals surface area contributed by atoms with Crippen LogP contribution in [-0.4, -0.2) is 57.9 Å². The van der Waals surface area contributed by atoms with E-state index in [1.165, 1.54) is 6.08 Å². The Morgan fingerprint density at radius 2 is 1.40 bits per heavy atom. The van der Waals surface area contributed by atoms with Crippen molar-refractivity contribution in [1.29, 1.82) is 0 Å². The quantitative estimate of drug-likeness (QED) is 0.365. The number of aliphatic hydroxyl groups excluding tert-OH is 4. The van der Waals surface area contributed by atoms with Gasteiger partial charge in [-0.2, -0.15) is 0 Å². The van der Waals surface area contributed by atoms with Crippen molar-refractivity contribution in [2.24, 2.45) is 5.41 Å². The number of rotatable bonds is 5. The molecular weight excluding hydrogens is 204 g/mol. The van der Waals surface area contributed by atoms with Crippen molar-refractivity contribution in [2.45, 2.75) is 6.92 Å². The Bertz CT molecular complexity index is 168. The molecule has 0 saturated heterocycles. The number of hydrogen-bond donors (Lipinski definition) is 5. The first-order valence-electron chi connectivity index (χ1n) is 4.31. The Morgan fingerprint density at radius 1 is 1.07 bits per heavy atom. The van der Waals surface area contributed by atoms with Crippen LogP contribution in [0, 0.1) is 5.41 Å². The highest BCUT2D eigenvalue weighted by atomic mass is 16.4. The van der Waals surface area contributed by atoms with E-state index in [0.717, 1.165) is 6.08 Å². The number of hydrogen-bond acceptors (Lipinski definition) is 5. The summed E-state index contributed by atoms with van der Waals surface area (Å²) < 4.78 is 0. The molecule has 0 aromatic heterocycles. The highest BCUT2D eigenvalue weighted by molar-refractivity contribution is 5.79. The van der Waals surface area contributed by atoms with Crippen LogP contribution in [0.2, 0.25) is 0 Å². The van der Waals surface area contributed by atoms with E-state index >= 15 is 0 Å². The second-order valence-corrected chi connectivity index (χ2v) is 2.97. The zero-order valence-electron chi connectivity index (χ0n) is 8.63. The van der Waals surface area contributed by atoms with Gasteiger partial charge in [0.25, 0.3) is 0 Å². The summed E-state index contributed by atoms with van der Waals surface area (Å²) in [6, 6.07) is 0. The molecule has 5 N–H and O–H groups in total. The number of allylic oxidation sites excluding steroid dienone is 1. The van der Waals surface area contributed by atoms with Crippen LogP contribution in [-0.2, 0) is 4.79 Å². The molecular formula is C9H18O6. The van der Waals surface area contributed by atoms with Gasteiger partial charge in [0.1, 0.15) is 0 Å². The van der Waals surface area contributed by atoms with Gasteiger partial charge in [-0.3, -0.25) is 0 Å². The maximum absolute atomic E-state index is 9.51. The molecule has 0 radical (unpaired) electrons. The molecule has 0 saturated carbocycles.